The summed E-state index contributed by atoms with van der Waals surface area (Å²) in [5.74, 6) is -1.33. The molecule has 1 fully saturated rings. The Morgan fingerprint density at radius 2 is 1.60 bits per heavy atom. The lowest BCUT2D eigenvalue weighted by atomic mass is 9.97. The lowest BCUT2D eigenvalue weighted by Gasteiger charge is -2.36. The summed E-state index contributed by atoms with van der Waals surface area (Å²) in [5.41, 5.74) is 5.64. The Balaban J connectivity index is 1.34. The van der Waals surface area contributed by atoms with E-state index in [2.05, 4.69) is 5.32 Å². The number of carboxylic acid groups (broad SMARTS) is 1. The van der Waals surface area contributed by atoms with Gasteiger partial charge in [0, 0.05) is 36.1 Å². The quantitative estimate of drug-likeness (QED) is 0.116. The molecular formula is C37H37NO8S. The molecule has 0 aromatic heterocycles. The first-order valence-electron chi connectivity index (χ1n) is 15.3. The number of aromatic carboxylic acids is 1. The van der Waals surface area contributed by atoms with Crippen LogP contribution in [0.3, 0.4) is 0 Å². The molecule has 1 aliphatic rings. The largest absolute Gasteiger partial charge is 0.478 e. The summed E-state index contributed by atoms with van der Waals surface area (Å²) >= 11 is 1.45. The van der Waals surface area contributed by atoms with Crippen LogP contribution in [0.25, 0.3) is 11.1 Å². The second-order valence-corrected chi connectivity index (χ2v) is 12.3. The first kappa shape index (κ1) is 33.9. The third-order valence-electron chi connectivity index (χ3n) is 7.83. The van der Waals surface area contributed by atoms with Gasteiger partial charge in [-0.05, 0) is 46.9 Å². The lowest BCUT2D eigenvalue weighted by Crippen LogP contribution is -2.35. The third kappa shape index (κ3) is 8.87. The third-order valence-corrected chi connectivity index (χ3v) is 9.04. The SMILES string of the molecule is CC(=O)OC(C)C(=O)NCc1ccccc1-c1ccc(C2OC(CSc3ccccc3C(=O)O)CC(c3ccc(CO)cc3)O2)cc1. The molecule has 0 saturated carbocycles. The summed E-state index contributed by atoms with van der Waals surface area (Å²) in [4.78, 5) is 36.1. The Hall–Kier alpha value is -4.48. The van der Waals surface area contributed by atoms with Gasteiger partial charge in [-0.3, -0.25) is 9.59 Å². The summed E-state index contributed by atoms with van der Waals surface area (Å²) in [6, 6.07) is 30.2. The molecular weight excluding hydrogens is 618 g/mol. The van der Waals surface area contributed by atoms with Crippen LogP contribution in [0.2, 0.25) is 0 Å². The van der Waals surface area contributed by atoms with Crippen molar-refractivity contribution < 1.29 is 38.8 Å². The van der Waals surface area contributed by atoms with Gasteiger partial charge in [-0.1, -0.05) is 84.9 Å². The van der Waals surface area contributed by atoms with Gasteiger partial charge in [0.2, 0.25) is 0 Å². The summed E-state index contributed by atoms with van der Waals surface area (Å²) in [7, 11) is 0. The van der Waals surface area contributed by atoms with Gasteiger partial charge in [0.25, 0.3) is 5.91 Å². The molecule has 4 aromatic rings. The average Bonchev–Trinajstić information content (AvgIpc) is 3.09. The first-order chi connectivity index (χ1) is 22.7. The molecule has 4 unspecified atom stereocenters. The Morgan fingerprint density at radius 3 is 2.30 bits per heavy atom. The minimum absolute atomic E-state index is 0.0466. The first-order valence-corrected chi connectivity index (χ1v) is 16.3. The van der Waals surface area contributed by atoms with E-state index in [0.717, 1.165) is 33.4 Å². The lowest BCUT2D eigenvalue weighted by molar-refractivity contribution is -0.245. The van der Waals surface area contributed by atoms with Crippen LogP contribution in [-0.2, 0) is 37.0 Å². The van der Waals surface area contributed by atoms with Gasteiger partial charge in [-0.15, -0.1) is 11.8 Å². The molecule has 4 aromatic carbocycles. The molecule has 0 bridgehead atoms. The van der Waals surface area contributed by atoms with E-state index < -0.39 is 24.3 Å². The fraction of sp³-hybridized carbons (Fsp3) is 0.270. The predicted octanol–water partition coefficient (Wildman–Crippen LogP) is 6.45. The van der Waals surface area contributed by atoms with Crippen LogP contribution in [0, 0.1) is 0 Å². The smallest absolute Gasteiger partial charge is 0.336 e. The molecule has 0 radical (unpaired) electrons. The zero-order chi connectivity index (χ0) is 33.3. The van der Waals surface area contributed by atoms with E-state index in [4.69, 9.17) is 14.2 Å². The maximum absolute atomic E-state index is 12.4. The number of carbonyl (C=O) groups excluding carboxylic acids is 2. The van der Waals surface area contributed by atoms with Crippen LogP contribution in [0.4, 0.5) is 0 Å². The topological polar surface area (TPSA) is 131 Å². The number of ether oxygens (including phenoxy) is 3. The van der Waals surface area contributed by atoms with E-state index in [1.165, 1.54) is 25.6 Å². The van der Waals surface area contributed by atoms with Gasteiger partial charge < -0.3 is 29.7 Å². The van der Waals surface area contributed by atoms with Gasteiger partial charge in [-0.25, -0.2) is 4.79 Å². The zero-order valence-corrected chi connectivity index (χ0v) is 26.9. The number of hydrogen-bond donors (Lipinski definition) is 3. The van der Waals surface area contributed by atoms with Gasteiger partial charge in [0.05, 0.1) is 24.4 Å². The Bertz CT molecular complexity index is 1690. The van der Waals surface area contributed by atoms with Crippen molar-refractivity contribution in [3.05, 3.63) is 125 Å². The summed E-state index contributed by atoms with van der Waals surface area (Å²) < 4.78 is 17.9. The van der Waals surface area contributed by atoms with Crippen LogP contribution in [0.5, 0.6) is 0 Å². The van der Waals surface area contributed by atoms with E-state index in [-0.39, 0.29) is 36.8 Å². The summed E-state index contributed by atoms with van der Waals surface area (Å²) in [5, 5.41) is 22.0. The fourth-order valence-electron chi connectivity index (χ4n) is 5.38. The molecule has 1 aliphatic heterocycles. The summed E-state index contributed by atoms with van der Waals surface area (Å²) in [6.07, 6.45) is -1.50. The average molecular weight is 656 g/mol. The molecule has 9 nitrogen and oxygen atoms in total. The number of aliphatic hydroxyl groups is 1. The van der Waals surface area contributed by atoms with Crippen LogP contribution in [-0.4, -0.2) is 46.0 Å². The van der Waals surface area contributed by atoms with Crippen LogP contribution >= 0.6 is 11.8 Å². The Kier molecular flexibility index (Phi) is 11.4. The number of rotatable bonds is 12. The fourth-order valence-corrected chi connectivity index (χ4v) is 6.44. The highest BCUT2D eigenvalue weighted by Gasteiger charge is 2.32. The minimum Gasteiger partial charge on any atom is -0.478 e. The number of amides is 1. The van der Waals surface area contributed by atoms with Crippen molar-refractivity contribution in [1.29, 1.82) is 0 Å². The molecule has 5 rings (SSSR count). The molecule has 0 spiro atoms. The van der Waals surface area contributed by atoms with Crippen molar-refractivity contribution in [2.75, 3.05) is 5.75 Å². The van der Waals surface area contributed by atoms with E-state index in [0.29, 0.717) is 17.1 Å². The van der Waals surface area contributed by atoms with Crippen LogP contribution in [0.1, 0.15) is 65.3 Å². The van der Waals surface area contributed by atoms with Crippen molar-refractivity contribution in [2.45, 2.75) is 62.9 Å². The number of esters is 1. The van der Waals surface area contributed by atoms with Crippen molar-refractivity contribution in [3.63, 3.8) is 0 Å². The van der Waals surface area contributed by atoms with E-state index in [1.54, 1.807) is 18.2 Å². The number of carboxylic acids is 1. The molecule has 10 heteroatoms. The standard InChI is InChI=1S/C37H37NO8S/c1-23(44-24(2)40)35(41)38-20-29-7-3-4-8-31(29)26-15-17-28(18-16-26)37-45-30(22-47-34-10-6-5-9-32(34)36(42)43)19-33(46-37)27-13-11-25(21-39)12-14-27/h3-18,23,30,33,37,39H,19-22H2,1-2H3,(H,38,41)(H,42,43). The van der Waals surface area contributed by atoms with Gasteiger partial charge in [0.15, 0.2) is 12.4 Å². The van der Waals surface area contributed by atoms with Gasteiger partial charge in [0.1, 0.15) is 0 Å². The highest BCUT2D eigenvalue weighted by molar-refractivity contribution is 7.99. The van der Waals surface area contributed by atoms with Crippen molar-refractivity contribution in [2.24, 2.45) is 0 Å². The molecule has 4 atom stereocenters. The number of hydrogen-bond acceptors (Lipinski definition) is 8. The van der Waals surface area contributed by atoms with E-state index in [9.17, 15) is 24.6 Å². The van der Waals surface area contributed by atoms with E-state index in [1.807, 2.05) is 78.9 Å². The molecule has 0 aliphatic carbocycles. The molecule has 1 heterocycles. The van der Waals surface area contributed by atoms with Crippen molar-refractivity contribution in [1.82, 2.24) is 5.32 Å². The van der Waals surface area contributed by atoms with Crippen LogP contribution < -0.4 is 5.32 Å². The highest BCUT2D eigenvalue weighted by Crippen LogP contribution is 2.40. The maximum atomic E-state index is 12.4. The van der Waals surface area contributed by atoms with E-state index >= 15 is 0 Å². The molecule has 1 saturated heterocycles. The maximum Gasteiger partial charge on any atom is 0.336 e. The predicted molar refractivity (Wildman–Crippen MR) is 177 cm³/mol. The zero-order valence-electron chi connectivity index (χ0n) is 26.1. The Labute approximate surface area is 277 Å². The van der Waals surface area contributed by atoms with Crippen LogP contribution in [0.15, 0.2) is 102 Å². The van der Waals surface area contributed by atoms with Gasteiger partial charge in [-0.2, -0.15) is 0 Å². The monoisotopic (exact) mass is 655 g/mol. The number of benzene rings is 4. The highest BCUT2D eigenvalue weighted by atomic mass is 32.2. The number of carbonyl (C=O) groups is 3. The summed E-state index contributed by atoms with van der Waals surface area (Å²) in [6.45, 7) is 3.01. The molecule has 47 heavy (non-hydrogen) atoms. The minimum atomic E-state index is -0.971. The molecule has 3 N–H and O–H groups in total. The van der Waals surface area contributed by atoms with Crippen molar-refractivity contribution in [3.8, 4) is 11.1 Å². The Morgan fingerprint density at radius 1 is 0.915 bits per heavy atom. The second-order valence-electron chi connectivity index (χ2n) is 11.2. The molecule has 1 amide bonds. The number of aliphatic hydroxyl groups excluding tert-OH is 1. The second kappa shape index (κ2) is 15.9. The molecule has 244 valence electrons. The number of thioether (sulfide) groups is 1. The normalized spacial score (nSPS) is 18.2. The van der Waals surface area contributed by atoms with Gasteiger partial charge >= 0.3 is 11.9 Å². The van der Waals surface area contributed by atoms with Crippen molar-refractivity contribution >= 4 is 29.6 Å². The number of nitrogens with one attached hydrogen (secondary N) is 1.